The molecule has 1 aromatic carbocycles. The quantitative estimate of drug-likeness (QED) is 0.590. The normalized spacial score (nSPS) is 10.1. The fourth-order valence-electron chi connectivity index (χ4n) is 1.23. The summed E-state index contributed by atoms with van der Waals surface area (Å²) in [6, 6.07) is 10.5. The number of methoxy groups -OCH3 is 1. The molecule has 1 nitrogen and oxygen atoms in total. The third-order valence-electron chi connectivity index (χ3n) is 2.11. The second-order valence-corrected chi connectivity index (χ2v) is 3.18. The molecule has 0 aliphatic heterocycles. The highest BCUT2D eigenvalue weighted by Crippen LogP contribution is 2.16. The van der Waals surface area contributed by atoms with Crippen molar-refractivity contribution in [1.82, 2.24) is 0 Å². The van der Waals surface area contributed by atoms with E-state index in [4.69, 9.17) is 0 Å². The van der Waals surface area contributed by atoms with Crippen LogP contribution in [-0.2, 0) is 4.74 Å². The van der Waals surface area contributed by atoms with Crippen molar-refractivity contribution in [3.8, 4) is 0 Å². The third-order valence-corrected chi connectivity index (χ3v) is 2.11. The van der Waals surface area contributed by atoms with Gasteiger partial charge in [-0.3, -0.25) is 4.74 Å². The van der Waals surface area contributed by atoms with E-state index in [-0.39, 0.29) is 0 Å². The van der Waals surface area contributed by atoms with Crippen LogP contribution in [0.25, 0.3) is 5.57 Å². The number of ether oxygens (including phenoxy) is 1. The van der Waals surface area contributed by atoms with Crippen LogP contribution in [-0.4, -0.2) is 13.5 Å². The molecule has 0 aliphatic rings. The molecule has 0 fully saturated rings. The van der Waals surface area contributed by atoms with Crippen LogP contribution < -0.4 is 0 Å². The fourth-order valence-corrected chi connectivity index (χ4v) is 1.23. The molecule has 1 aromatic rings. The van der Waals surface area contributed by atoms with Crippen LogP contribution >= 0.6 is 0 Å². The Kier molecular flexibility index (Phi) is 19.7. The molecule has 0 heterocycles. The first kappa shape index (κ1) is 24.7. The number of benzene rings is 1. The summed E-state index contributed by atoms with van der Waals surface area (Å²) >= 11 is 0. The lowest BCUT2D eigenvalue weighted by atomic mass is 10.0. The van der Waals surface area contributed by atoms with Gasteiger partial charge >= 0.3 is 6.36 Å². The van der Waals surface area contributed by atoms with Crippen LogP contribution in [0.3, 0.4) is 0 Å². The van der Waals surface area contributed by atoms with Gasteiger partial charge in [-0.05, 0) is 24.5 Å². The van der Waals surface area contributed by atoms with Gasteiger partial charge in [0.25, 0.3) is 0 Å². The van der Waals surface area contributed by atoms with Crippen molar-refractivity contribution in [2.45, 2.75) is 54.3 Å². The first-order chi connectivity index (χ1) is 9.94. The van der Waals surface area contributed by atoms with E-state index in [0.29, 0.717) is 7.11 Å². The van der Waals surface area contributed by atoms with Gasteiger partial charge in [0.05, 0.1) is 0 Å². The van der Waals surface area contributed by atoms with Gasteiger partial charge in [-0.1, -0.05) is 71.0 Å². The highest BCUT2D eigenvalue weighted by atomic mass is 19.4. The summed E-state index contributed by atoms with van der Waals surface area (Å²) in [6.45, 7) is 12.3. The highest BCUT2D eigenvalue weighted by molar-refractivity contribution is 5.64. The Morgan fingerprint density at radius 2 is 1.43 bits per heavy atom. The standard InChI is InChI=1S/C11H14.C2H3F3O.2C2H6/c1-3-10(4-2)11-8-6-5-7-9-11;1-6-2(3,4)5;2*1-2/h3,5-9H,4H2,1-2H3;1H3;2*1-2H3. The predicted molar refractivity (Wildman–Crippen MR) is 86.1 cm³/mol. The molecule has 0 atom stereocenters. The first-order valence-corrected chi connectivity index (χ1v) is 7.27. The molecule has 124 valence electrons. The van der Waals surface area contributed by atoms with Crippen molar-refractivity contribution >= 4 is 5.57 Å². The van der Waals surface area contributed by atoms with E-state index in [1.165, 1.54) is 11.1 Å². The number of hydrogen-bond acceptors (Lipinski definition) is 1. The highest BCUT2D eigenvalue weighted by Gasteiger charge is 2.25. The lowest BCUT2D eigenvalue weighted by Gasteiger charge is -2.01. The van der Waals surface area contributed by atoms with E-state index in [9.17, 15) is 13.2 Å². The first-order valence-electron chi connectivity index (χ1n) is 7.27. The van der Waals surface area contributed by atoms with E-state index in [0.717, 1.165) is 6.42 Å². The van der Waals surface area contributed by atoms with Gasteiger partial charge in [0.2, 0.25) is 0 Å². The minimum absolute atomic E-state index is 0.583. The summed E-state index contributed by atoms with van der Waals surface area (Å²) in [4.78, 5) is 0. The topological polar surface area (TPSA) is 9.23 Å². The zero-order valence-corrected chi connectivity index (χ0v) is 14.2. The lowest BCUT2D eigenvalue weighted by Crippen LogP contribution is -2.08. The molecular formula is C17H29F3O. The van der Waals surface area contributed by atoms with Gasteiger partial charge < -0.3 is 0 Å². The summed E-state index contributed by atoms with van der Waals surface area (Å²) in [7, 11) is 0.583. The summed E-state index contributed by atoms with van der Waals surface area (Å²) in [5.41, 5.74) is 2.77. The number of rotatable bonds is 2. The van der Waals surface area contributed by atoms with Gasteiger partial charge in [0.1, 0.15) is 0 Å². The van der Waals surface area contributed by atoms with Gasteiger partial charge in [0, 0.05) is 7.11 Å². The maximum absolute atomic E-state index is 10.6. The molecule has 0 saturated heterocycles. The van der Waals surface area contributed by atoms with Crippen molar-refractivity contribution < 1.29 is 17.9 Å². The molecule has 0 aromatic heterocycles. The van der Waals surface area contributed by atoms with Crippen molar-refractivity contribution in [3.63, 3.8) is 0 Å². The maximum Gasteiger partial charge on any atom is 0.522 e. The van der Waals surface area contributed by atoms with Gasteiger partial charge in [-0.15, -0.1) is 13.2 Å². The largest absolute Gasteiger partial charge is 0.522 e. The molecule has 0 aliphatic carbocycles. The summed E-state index contributed by atoms with van der Waals surface area (Å²) in [6.07, 6.45) is -1.17. The summed E-state index contributed by atoms with van der Waals surface area (Å²) in [5.74, 6) is 0. The van der Waals surface area contributed by atoms with E-state index in [1.807, 2.05) is 33.8 Å². The van der Waals surface area contributed by atoms with Gasteiger partial charge in [-0.25, -0.2) is 0 Å². The molecule has 0 N–H and O–H groups in total. The molecule has 0 saturated carbocycles. The summed E-state index contributed by atoms with van der Waals surface area (Å²) < 4.78 is 34.6. The predicted octanol–water partition coefficient (Wildman–Crippen LogP) is 6.70. The van der Waals surface area contributed by atoms with Crippen molar-refractivity contribution in [2.75, 3.05) is 7.11 Å². The summed E-state index contributed by atoms with van der Waals surface area (Å²) in [5, 5.41) is 0. The van der Waals surface area contributed by atoms with Crippen LogP contribution in [0.4, 0.5) is 13.2 Å². The zero-order chi connectivity index (χ0) is 17.3. The molecule has 4 heteroatoms. The van der Waals surface area contributed by atoms with Crippen LogP contribution in [0.2, 0.25) is 0 Å². The Bertz CT molecular complexity index is 330. The Labute approximate surface area is 127 Å². The van der Waals surface area contributed by atoms with Gasteiger partial charge in [0.15, 0.2) is 0 Å². The Balaban J connectivity index is -0.000000277. The lowest BCUT2D eigenvalue weighted by molar-refractivity contribution is -0.311. The van der Waals surface area contributed by atoms with Crippen molar-refractivity contribution in [1.29, 1.82) is 0 Å². The van der Waals surface area contributed by atoms with E-state index in [1.54, 1.807) is 0 Å². The maximum atomic E-state index is 10.6. The van der Waals surface area contributed by atoms with Gasteiger partial charge in [-0.2, -0.15) is 0 Å². The third kappa shape index (κ3) is 16.7. The Hall–Kier alpha value is -1.29. The number of alkyl halides is 3. The fraction of sp³-hybridized carbons (Fsp3) is 0.529. The van der Waals surface area contributed by atoms with Crippen molar-refractivity contribution in [3.05, 3.63) is 42.0 Å². The molecular weight excluding hydrogens is 277 g/mol. The van der Waals surface area contributed by atoms with Crippen LogP contribution in [0.15, 0.2) is 36.4 Å². The minimum atomic E-state index is -4.46. The number of hydrogen-bond donors (Lipinski definition) is 0. The molecule has 0 radical (unpaired) electrons. The van der Waals surface area contributed by atoms with Crippen LogP contribution in [0.5, 0.6) is 0 Å². The second kappa shape index (κ2) is 16.8. The van der Waals surface area contributed by atoms with Crippen LogP contribution in [0, 0.1) is 0 Å². The zero-order valence-electron chi connectivity index (χ0n) is 14.2. The van der Waals surface area contributed by atoms with E-state index >= 15 is 0 Å². The number of allylic oxidation sites excluding steroid dienone is 2. The van der Waals surface area contributed by atoms with E-state index in [2.05, 4.69) is 48.9 Å². The monoisotopic (exact) mass is 306 g/mol. The molecule has 0 amide bonds. The number of halogens is 3. The Morgan fingerprint density at radius 3 is 1.67 bits per heavy atom. The molecule has 0 spiro atoms. The average Bonchev–Trinajstić information content (AvgIpc) is 2.53. The minimum Gasteiger partial charge on any atom is -0.295 e. The smallest absolute Gasteiger partial charge is 0.295 e. The SMILES string of the molecule is CC.CC.CC=C(CC)c1ccccc1.COC(F)(F)F. The molecule has 1 rings (SSSR count). The second-order valence-electron chi connectivity index (χ2n) is 3.18. The molecule has 0 unspecified atom stereocenters. The van der Waals surface area contributed by atoms with E-state index < -0.39 is 6.36 Å². The van der Waals surface area contributed by atoms with Crippen molar-refractivity contribution in [2.24, 2.45) is 0 Å². The Morgan fingerprint density at radius 1 is 1.05 bits per heavy atom. The molecule has 0 bridgehead atoms. The van der Waals surface area contributed by atoms with Crippen LogP contribution in [0.1, 0.15) is 53.5 Å². The molecule has 21 heavy (non-hydrogen) atoms. The average molecular weight is 306 g/mol.